The maximum Gasteiger partial charge on any atom is 0.175 e. The van der Waals surface area contributed by atoms with Gasteiger partial charge in [-0.25, -0.2) is 8.42 Å². The highest BCUT2D eigenvalue weighted by atomic mass is 32.2. The number of benzene rings is 1. The highest BCUT2D eigenvalue weighted by Crippen LogP contribution is 2.20. The zero-order valence-corrected chi connectivity index (χ0v) is 13.6. The number of aryl methyl sites for hydroxylation is 2. The molecule has 2 aromatic heterocycles. The molecule has 0 atom stereocenters. The van der Waals surface area contributed by atoms with Gasteiger partial charge in [-0.2, -0.15) is 0 Å². The van der Waals surface area contributed by atoms with Crippen LogP contribution >= 0.6 is 0 Å². The SMILES string of the molecule is CS(=O)(=O)c1ccc(-c2cccc(CCc3ccco3)n2)cc1. The maximum atomic E-state index is 11.5. The highest BCUT2D eigenvalue weighted by Gasteiger charge is 2.08. The number of furan rings is 1. The molecule has 0 unspecified atom stereocenters. The van der Waals surface area contributed by atoms with Crippen LogP contribution in [0.3, 0.4) is 0 Å². The van der Waals surface area contributed by atoms with Crippen molar-refractivity contribution in [3.05, 3.63) is 72.3 Å². The second kappa shape index (κ2) is 6.38. The average Bonchev–Trinajstić information content (AvgIpc) is 3.06. The van der Waals surface area contributed by atoms with Gasteiger partial charge in [0.25, 0.3) is 0 Å². The predicted molar refractivity (Wildman–Crippen MR) is 88.9 cm³/mol. The predicted octanol–water partition coefficient (Wildman–Crippen LogP) is 3.53. The van der Waals surface area contributed by atoms with E-state index in [2.05, 4.69) is 4.98 Å². The summed E-state index contributed by atoms with van der Waals surface area (Å²) in [5.74, 6) is 0.940. The van der Waals surface area contributed by atoms with Gasteiger partial charge in [0, 0.05) is 23.9 Å². The third kappa shape index (κ3) is 3.87. The van der Waals surface area contributed by atoms with E-state index in [-0.39, 0.29) is 0 Å². The number of pyridine rings is 1. The van der Waals surface area contributed by atoms with Crippen LogP contribution in [0.25, 0.3) is 11.3 Å². The first-order valence-electron chi connectivity index (χ1n) is 7.31. The van der Waals surface area contributed by atoms with Gasteiger partial charge in [0.05, 0.1) is 16.9 Å². The van der Waals surface area contributed by atoms with Crippen LogP contribution < -0.4 is 0 Å². The smallest absolute Gasteiger partial charge is 0.175 e. The summed E-state index contributed by atoms with van der Waals surface area (Å²) in [7, 11) is -3.17. The van der Waals surface area contributed by atoms with Gasteiger partial charge in [0.15, 0.2) is 9.84 Å². The van der Waals surface area contributed by atoms with Crippen molar-refractivity contribution in [3.8, 4) is 11.3 Å². The van der Waals surface area contributed by atoms with E-state index >= 15 is 0 Å². The van der Waals surface area contributed by atoms with Gasteiger partial charge >= 0.3 is 0 Å². The van der Waals surface area contributed by atoms with Gasteiger partial charge in [-0.1, -0.05) is 18.2 Å². The minimum atomic E-state index is -3.17. The van der Waals surface area contributed by atoms with Crippen molar-refractivity contribution < 1.29 is 12.8 Å². The Morgan fingerprint density at radius 3 is 2.39 bits per heavy atom. The molecule has 3 aromatic rings. The maximum absolute atomic E-state index is 11.5. The average molecular weight is 327 g/mol. The Labute approximate surface area is 135 Å². The lowest BCUT2D eigenvalue weighted by Crippen LogP contribution is -1.97. The summed E-state index contributed by atoms with van der Waals surface area (Å²) < 4.78 is 28.3. The summed E-state index contributed by atoms with van der Waals surface area (Å²) in [4.78, 5) is 4.96. The largest absolute Gasteiger partial charge is 0.469 e. The third-order valence-electron chi connectivity index (χ3n) is 3.59. The van der Waals surface area contributed by atoms with Crippen molar-refractivity contribution in [2.75, 3.05) is 6.26 Å². The van der Waals surface area contributed by atoms with Gasteiger partial charge in [-0.3, -0.25) is 4.98 Å². The molecule has 3 rings (SSSR count). The van der Waals surface area contributed by atoms with Crippen molar-refractivity contribution in [1.82, 2.24) is 4.98 Å². The minimum Gasteiger partial charge on any atom is -0.469 e. The Hall–Kier alpha value is -2.40. The Kier molecular flexibility index (Phi) is 4.30. The minimum absolute atomic E-state index is 0.315. The lowest BCUT2D eigenvalue weighted by atomic mass is 10.1. The molecule has 0 amide bonds. The van der Waals surface area contributed by atoms with Crippen molar-refractivity contribution in [2.45, 2.75) is 17.7 Å². The Morgan fingerprint density at radius 2 is 1.74 bits per heavy atom. The van der Waals surface area contributed by atoms with Gasteiger partial charge < -0.3 is 4.42 Å². The van der Waals surface area contributed by atoms with E-state index in [4.69, 9.17) is 4.42 Å². The molecule has 0 aliphatic carbocycles. The summed E-state index contributed by atoms with van der Waals surface area (Å²) in [6, 6.07) is 16.5. The van der Waals surface area contributed by atoms with Crippen LogP contribution in [0.15, 0.2) is 70.2 Å². The molecule has 0 N–H and O–H groups in total. The zero-order valence-electron chi connectivity index (χ0n) is 12.8. The number of nitrogens with zero attached hydrogens (tertiary/aromatic N) is 1. The molecule has 0 radical (unpaired) electrons. The molecule has 0 saturated carbocycles. The highest BCUT2D eigenvalue weighted by molar-refractivity contribution is 7.90. The lowest BCUT2D eigenvalue weighted by Gasteiger charge is -2.05. The molecule has 1 aromatic carbocycles. The summed E-state index contributed by atoms with van der Waals surface area (Å²) in [6.45, 7) is 0. The zero-order chi connectivity index (χ0) is 16.3. The van der Waals surface area contributed by atoms with Crippen LogP contribution in [0.2, 0.25) is 0 Å². The van der Waals surface area contributed by atoms with Gasteiger partial charge in [0.2, 0.25) is 0 Å². The number of rotatable bonds is 5. The Balaban J connectivity index is 1.79. The van der Waals surface area contributed by atoms with Crippen LogP contribution in [0.1, 0.15) is 11.5 Å². The number of hydrogen-bond acceptors (Lipinski definition) is 4. The molecule has 4 nitrogen and oxygen atoms in total. The fourth-order valence-electron chi connectivity index (χ4n) is 2.36. The van der Waals surface area contributed by atoms with Gasteiger partial charge in [0.1, 0.15) is 5.76 Å². The number of hydrogen-bond donors (Lipinski definition) is 0. The van der Waals surface area contributed by atoms with Crippen LogP contribution in [-0.2, 0) is 22.7 Å². The standard InChI is InChI=1S/C18H17NO3S/c1-23(20,21)17-11-7-14(8-12-17)18-6-2-4-15(19-18)9-10-16-5-3-13-22-16/h2-8,11-13H,9-10H2,1H3. The number of aromatic nitrogens is 1. The van der Waals surface area contributed by atoms with Crippen molar-refractivity contribution in [2.24, 2.45) is 0 Å². The van der Waals surface area contributed by atoms with Gasteiger partial charge in [-0.05, 0) is 42.8 Å². The second-order valence-electron chi connectivity index (χ2n) is 5.39. The number of sulfone groups is 1. The van der Waals surface area contributed by atoms with E-state index in [1.54, 1.807) is 30.5 Å². The molecule has 5 heteroatoms. The molecular weight excluding hydrogens is 310 g/mol. The van der Waals surface area contributed by atoms with Crippen LogP contribution in [-0.4, -0.2) is 19.7 Å². The molecule has 23 heavy (non-hydrogen) atoms. The molecule has 0 aliphatic heterocycles. The van der Waals surface area contributed by atoms with Crippen LogP contribution in [0.4, 0.5) is 0 Å². The molecule has 0 aliphatic rings. The van der Waals surface area contributed by atoms with E-state index in [1.807, 2.05) is 30.3 Å². The summed E-state index contributed by atoms with van der Waals surface area (Å²) >= 11 is 0. The van der Waals surface area contributed by atoms with E-state index in [0.717, 1.165) is 35.6 Å². The molecule has 0 bridgehead atoms. The van der Waals surface area contributed by atoms with Crippen LogP contribution in [0, 0.1) is 0 Å². The van der Waals surface area contributed by atoms with E-state index in [0.29, 0.717) is 4.90 Å². The first-order valence-corrected chi connectivity index (χ1v) is 9.20. The fraction of sp³-hybridized carbons (Fsp3) is 0.167. The van der Waals surface area contributed by atoms with E-state index < -0.39 is 9.84 Å². The molecule has 118 valence electrons. The molecule has 0 spiro atoms. The molecule has 2 heterocycles. The second-order valence-corrected chi connectivity index (χ2v) is 7.41. The van der Waals surface area contributed by atoms with Gasteiger partial charge in [-0.15, -0.1) is 0 Å². The Bertz CT molecular complexity index is 882. The van der Waals surface area contributed by atoms with Crippen molar-refractivity contribution >= 4 is 9.84 Å². The Morgan fingerprint density at radius 1 is 0.957 bits per heavy atom. The lowest BCUT2D eigenvalue weighted by molar-refractivity contribution is 0.507. The quantitative estimate of drug-likeness (QED) is 0.719. The summed E-state index contributed by atoms with van der Waals surface area (Å²) in [5.41, 5.74) is 2.71. The third-order valence-corrected chi connectivity index (χ3v) is 4.72. The van der Waals surface area contributed by atoms with E-state index in [1.165, 1.54) is 6.26 Å². The first-order chi connectivity index (χ1) is 11.0. The fourth-order valence-corrected chi connectivity index (χ4v) is 2.99. The molecule has 0 saturated heterocycles. The van der Waals surface area contributed by atoms with Crippen molar-refractivity contribution in [1.29, 1.82) is 0 Å². The normalized spacial score (nSPS) is 11.5. The summed E-state index contributed by atoms with van der Waals surface area (Å²) in [5, 5.41) is 0. The first kappa shape index (κ1) is 15.5. The topological polar surface area (TPSA) is 60.2 Å². The van der Waals surface area contributed by atoms with E-state index in [9.17, 15) is 8.42 Å². The molecule has 0 fully saturated rings. The van der Waals surface area contributed by atoms with Crippen molar-refractivity contribution in [3.63, 3.8) is 0 Å². The molecular formula is C18H17NO3S. The van der Waals surface area contributed by atoms with Crippen LogP contribution in [0.5, 0.6) is 0 Å². The summed E-state index contributed by atoms with van der Waals surface area (Å²) in [6.07, 6.45) is 4.47. The monoisotopic (exact) mass is 327 g/mol.